The third-order valence-corrected chi connectivity index (χ3v) is 7.43. The number of hydrogen-bond acceptors (Lipinski definition) is 5. The van der Waals surface area contributed by atoms with E-state index in [-0.39, 0.29) is 37.1 Å². The van der Waals surface area contributed by atoms with E-state index in [0.29, 0.717) is 17.7 Å². The number of nitrogens with zero attached hydrogens (tertiary/aromatic N) is 1. The molecule has 5 rings (SSSR count). The third-order valence-electron chi connectivity index (χ3n) is 7.43. The monoisotopic (exact) mass is 460 g/mol. The van der Waals surface area contributed by atoms with Crippen LogP contribution in [0.25, 0.3) is 0 Å². The summed E-state index contributed by atoms with van der Waals surface area (Å²) in [5, 5.41) is 6.31. The highest BCUT2D eigenvalue weighted by Gasteiger charge is 2.70. The van der Waals surface area contributed by atoms with Crippen LogP contribution in [0, 0.1) is 25.7 Å². The molecule has 0 aliphatic carbocycles. The summed E-state index contributed by atoms with van der Waals surface area (Å²) in [5.41, 5.74) is 8.29. The molecular formula is C26H28N4O4. The van der Waals surface area contributed by atoms with E-state index in [0.717, 1.165) is 16.7 Å². The zero-order valence-corrected chi connectivity index (χ0v) is 19.3. The number of hydrogen-bond donors (Lipinski definition) is 3. The molecule has 0 unspecified atom stereocenters. The molecule has 0 saturated carbocycles. The minimum atomic E-state index is -1.35. The van der Waals surface area contributed by atoms with Crippen LogP contribution in [0.3, 0.4) is 0 Å². The zero-order chi connectivity index (χ0) is 24.2. The second-order valence-corrected chi connectivity index (χ2v) is 9.59. The van der Waals surface area contributed by atoms with E-state index in [1.54, 1.807) is 0 Å². The Morgan fingerprint density at radius 1 is 1.09 bits per heavy atom. The molecule has 4 atom stereocenters. The van der Waals surface area contributed by atoms with Crippen molar-refractivity contribution < 1.29 is 19.2 Å². The molecule has 3 aliphatic heterocycles. The number of anilines is 1. The number of amides is 4. The SMILES string of the molecule is Cc1cc(C)c2c(c1)[C@@]1(N[C@@H](CCC(N)=O)[C@H]3C(=O)N(CCc4ccccc4)C(=O)[C@@H]31)C(=O)N2. The smallest absolute Gasteiger partial charge is 0.250 e. The van der Waals surface area contributed by atoms with Gasteiger partial charge in [0.15, 0.2) is 0 Å². The zero-order valence-electron chi connectivity index (χ0n) is 19.3. The first-order valence-electron chi connectivity index (χ1n) is 11.6. The fraction of sp³-hybridized carbons (Fsp3) is 0.385. The summed E-state index contributed by atoms with van der Waals surface area (Å²) in [5.74, 6) is -3.08. The number of fused-ring (bicyclic) bond motifs is 4. The average Bonchev–Trinajstić information content (AvgIpc) is 3.37. The van der Waals surface area contributed by atoms with Crippen LogP contribution in [0.15, 0.2) is 42.5 Å². The maximum absolute atomic E-state index is 13.8. The van der Waals surface area contributed by atoms with E-state index in [2.05, 4.69) is 10.6 Å². The normalized spacial score (nSPS) is 27.3. The van der Waals surface area contributed by atoms with E-state index < -0.39 is 29.3 Å². The lowest BCUT2D eigenvalue weighted by atomic mass is 9.75. The number of likely N-dealkylation sites (tertiary alicyclic amines) is 1. The molecule has 0 aromatic heterocycles. The highest BCUT2D eigenvalue weighted by Crippen LogP contribution is 2.54. The van der Waals surface area contributed by atoms with Crippen LogP contribution >= 0.6 is 0 Å². The van der Waals surface area contributed by atoms with Crippen LogP contribution in [-0.2, 0) is 31.1 Å². The van der Waals surface area contributed by atoms with Crippen molar-refractivity contribution in [1.29, 1.82) is 0 Å². The maximum atomic E-state index is 13.8. The van der Waals surface area contributed by atoms with E-state index in [4.69, 9.17) is 5.73 Å². The molecule has 0 bridgehead atoms. The molecule has 8 nitrogen and oxygen atoms in total. The standard InChI is InChI=1S/C26H28N4O4/c1-14-12-15(2)22-17(13-14)26(25(34)28-22)21-20(18(29-26)8-9-19(27)31)23(32)30(24(21)33)11-10-16-6-4-3-5-7-16/h3-7,12-13,18,20-21,29H,8-11H2,1-2H3,(H2,27,31)(H,28,34)/t18-,20+,21+,26-/m0/s1. The molecule has 0 radical (unpaired) electrons. The summed E-state index contributed by atoms with van der Waals surface area (Å²) in [4.78, 5) is 53.7. The van der Waals surface area contributed by atoms with Crippen molar-refractivity contribution in [2.24, 2.45) is 17.6 Å². The van der Waals surface area contributed by atoms with Crippen LogP contribution in [0.1, 0.15) is 35.1 Å². The molecule has 1 spiro atoms. The van der Waals surface area contributed by atoms with E-state index >= 15 is 0 Å². The van der Waals surface area contributed by atoms with Crippen molar-refractivity contribution in [2.45, 2.75) is 44.7 Å². The Bertz CT molecular complexity index is 1210. The van der Waals surface area contributed by atoms with E-state index in [1.807, 2.05) is 56.3 Å². The Balaban J connectivity index is 1.55. The van der Waals surface area contributed by atoms with Gasteiger partial charge in [0.05, 0.1) is 11.8 Å². The van der Waals surface area contributed by atoms with Crippen LogP contribution in [0.2, 0.25) is 0 Å². The minimum absolute atomic E-state index is 0.0593. The van der Waals surface area contributed by atoms with E-state index in [1.165, 1.54) is 4.90 Å². The summed E-state index contributed by atoms with van der Waals surface area (Å²) in [6, 6.07) is 13.0. The molecule has 3 aliphatic rings. The van der Waals surface area contributed by atoms with Gasteiger partial charge in [0.25, 0.3) is 0 Å². The molecule has 34 heavy (non-hydrogen) atoms. The fourth-order valence-corrected chi connectivity index (χ4v) is 5.97. The molecule has 2 aromatic rings. The van der Waals surface area contributed by atoms with Crippen LogP contribution in [-0.4, -0.2) is 41.1 Å². The second-order valence-electron chi connectivity index (χ2n) is 9.59. The number of benzene rings is 2. The Morgan fingerprint density at radius 2 is 1.82 bits per heavy atom. The number of nitrogens with one attached hydrogen (secondary N) is 2. The molecular weight excluding hydrogens is 432 g/mol. The molecule has 3 heterocycles. The molecule has 8 heteroatoms. The predicted molar refractivity (Wildman–Crippen MR) is 125 cm³/mol. The van der Waals surface area contributed by atoms with Crippen LogP contribution in [0.4, 0.5) is 5.69 Å². The average molecular weight is 461 g/mol. The molecule has 4 amide bonds. The number of aryl methyl sites for hydroxylation is 2. The van der Waals surface area contributed by atoms with Gasteiger partial charge in [-0.3, -0.25) is 29.4 Å². The summed E-state index contributed by atoms with van der Waals surface area (Å²) in [6.45, 7) is 4.10. The lowest BCUT2D eigenvalue weighted by Crippen LogP contribution is -2.53. The van der Waals surface area contributed by atoms with Crippen molar-refractivity contribution in [3.8, 4) is 0 Å². The topological polar surface area (TPSA) is 122 Å². The largest absolute Gasteiger partial charge is 0.370 e. The number of carbonyl (C=O) groups is 4. The summed E-state index contributed by atoms with van der Waals surface area (Å²) >= 11 is 0. The lowest BCUT2D eigenvalue weighted by molar-refractivity contribution is -0.142. The Labute approximate surface area is 197 Å². The van der Waals surface area contributed by atoms with Crippen LogP contribution in [0.5, 0.6) is 0 Å². The Hall–Kier alpha value is -3.52. The summed E-state index contributed by atoms with van der Waals surface area (Å²) in [7, 11) is 0. The highest BCUT2D eigenvalue weighted by atomic mass is 16.2. The van der Waals surface area contributed by atoms with Gasteiger partial charge in [-0.15, -0.1) is 0 Å². The van der Waals surface area contributed by atoms with Crippen molar-refractivity contribution in [2.75, 3.05) is 11.9 Å². The number of imide groups is 1. The molecule has 2 saturated heterocycles. The summed E-state index contributed by atoms with van der Waals surface area (Å²) in [6.07, 6.45) is 0.867. The minimum Gasteiger partial charge on any atom is -0.370 e. The first-order valence-corrected chi connectivity index (χ1v) is 11.6. The number of carbonyl (C=O) groups excluding carboxylic acids is 4. The number of primary amides is 1. The van der Waals surface area contributed by atoms with Gasteiger partial charge in [0.1, 0.15) is 5.54 Å². The first kappa shape index (κ1) is 22.3. The third kappa shape index (κ3) is 3.24. The van der Waals surface area contributed by atoms with Crippen molar-refractivity contribution in [3.63, 3.8) is 0 Å². The van der Waals surface area contributed by atoms with Crippen molar-refractivity contribution >= 4 is 29.3 Å². The second kappa shape index (κ2) is 8.06. The first-order chi connectivity index (χ1) is 16.2. The number of nitrogens with two attached hydrogens (primary N) is 1. The van der Waals surface area contributed by atoms with Crippen molar-refractivity contribution in [3.05, 3.63) is 64.7 Å². The van der Waals surface area contributed by atoms with Gasteiger partial charge >= 0.3 is 0 Å². The Morgan fingerprint density at radius 3 is 2.53 bits per heavy atom. The highest BCUT2D eigenvalue weighted by molar-refractivity contribution is 6.15. The lowest BCUT2D eigenvalue weighted by Gasteiger charge is -2.30. The van der Waals surface area contributed by atoms with Crippen molar-refractivity contribution in [1.82, 2.24) is 10.2 Å². The molecule has 2 aromatic carbocycles. The van der Waals surface area contributed by atoms with Gasteiger partial charge in [-0.1, -0.05) is 48.0 Å². The quantitative estimate of drug-likeness (QED) is 0.565. The predicted octanol–water partition coefficient (Wildman–Crippen LogP) is 1.53. The van der Waals surface area contributed by atoms with Gasteiger partial charge in [-0.25, -0.2) is 0 Å². The Kier molecular flexibility index (Phi) is 5.28. The van der Waals surface area contributed by atoms with Gasteiger partial charge in [0, 0.05) is 30.3 Å². The van der Waals surface area contributed by atoms with Gasteiger partial charge in [-0.05, 0) is 37.8 Å². The fourth-order valence-electron chi connectivity index (χ4n) is 5.97. The number of rotatable bonds is 6. The van der Waals surface area contributed by atoms with Gasteiger partial charge < -0.3 is 11.1 Å². The summed E-state index contributed by atoms with van der Waals surface area (Å²) < 4.78 is 0. The van der Waals surface area contributed by atoms with Gasteiger partial charge in [0.2, 0.25) is 23.6 Å². The molecule has 4 N–H and O–H groups in total. The molecule has 2 fully saturated rings. The van der Waals surface area contributed by atoms with Crippen LogP contribution < -0.4 is 16.4 Å². The van der Waals surface area contributed by atoms with E-state index in [9.17, 15) is 19.2 Å². The maximum Gasteiger partial charge on any atom is 0.250 e. The van der Waals surface area contributed by atoms with Gasteiger partial charge in [-0.2, -0.15) is 0 Å². The molecule has 176 valence electrons.